The first-order valence-corrected chi connectivity index (χ1v) is 9.52. The van der Waals surface area contributed by atoms with E-state index >= 15 is 0 Å². The molecule has 7 heteroatoms. The number of H-pyrrole nitrogens is 1. The summed E-state index contributed by atoms with van der Waals surface area (Å²) in [6.07, 6.45) is 0.717. The van der Waals surface area contributed by atoms with Crippen molar-refractivity contribution in [2.75, 3.05) is 0 Å². The molecule has 0 aliphatic carbocycles. The number of carbonyl (C=O) groups excluding carboxylic acids is 1. The van der Waals surface area contributed by atoms with Crippen molar-refractivity contribution in [2.45, 2.75) is 26.4 Å². The number of aromatic nitrogens is 3. The molecule has 1 amide bonds. The molecule has 2 aromatic carbocycles. The van der Waals surface area contributed by atoms with E-state index in [-0.39, 0.29) is 5.91 Å². The second-order valence-electron chi connectivity index (χ2n) is 7.10. The van der Waals surface area contributed by atoms with Crippen LogP contribution in [0.5, 0.6) is 0 Å². The van der Waals surface area contributed by atoms with Gasteiger partial charge in [-0.2, -0.15) is 0 Å². The van der Waals surface area contributed by atoms with Gasteiger partial charge in [0.25, 0.3) is 12.3 Å². The lowest BCUT2D eigenvalue weighted by Crippen LogP contribution is -2.30. The molecule has 0 unspecified atom stereocenters. The molecule has 0 fully saturated rings. The number of imidazole rings is 1. The Bertz CT molecular complexity index is 1170. The van der Waals surface area contributed by atoms with E-state index in [0.717, 1.165) is 16.7 Å². The highest BCUT2D eigenvalue weighted by Crippen LogP contribution is 2.22. The third kappa shape index (κ3) is 4.20. The van der Waals surface area contributed by atoms with Crippen molar-refractivity contribution in [1.29, 1.82) is 0 Å². The van der Waals surface area contributed by atoms with Gasteiger partial charge in [-0.05, 0) is 47.9 Å². The monoisotopic (exact) mass is 406 g/mol. The van der Waals surface area contributed by atoms with Gasteiger partial charge in [-0.25, -0.2) is 13.8 Å². The van der Waals surface area contributed by atoms with Crippen molar-refractivity contribution < 1.29 is 13.6 Å². The number of aromatic amines is 1. The van der Waals surface area contributed by atoms with Crippen LogP contribution in [-0.2, 0) is 13.1 Å². The molecular weight excluding hydrogens is 386 g/mol. The predicted molar refractivity (Wildman–Crippen MR) is 110 cm³/mol. The number of alkyl halides is 2. The van der Waals surface area contributed by atoms with Crippen molar-refractivity contribution in [2.24, 2.45) is 0 Å². The highest BCUT2D eigenvalue weighted by molar-refractivity contribution is 5.97. The van der Waals surface area contributed by atoms with E-state index in [9.17, 15) is 13.6 Å². The molecule has 2 heterocycles. The van der Waals surface area contributed by atoms with Gasteiger partial charge in [0.2, 0.25) is 0 Å². The van der Waals surface area contributed by atoms with Crippen LogP contribution in [0.3, 0.4) is 0 Å². The lowest BCUT2D eigenvalue weighted by molar-refractivity contribution is 0.0730. The Morgan fingerprint density at radius 1 is 1.10 bits per heavy atom. The van der Waals surface area contributed by atoms with Crippen molar-refractivity contribution in [3.63, 3.8) is 0 Å². The summed E-state index contributed by atoms with van der Waals surface area (Å²) in [4.78, 5) is 25.7. The van der Waals surface area contributed by atoms with Crippen LogP contribution in [0.2, 0.25) is 0 Å². The highest BCUT2D eigenvalue weighted by atomic mass is 19.3. The smallest absolute Gasteiger partial charge is 0.295 e. The summed E-state index contributed by atoms with van der Waals surface area (Å²) in [6, 6.07) is 16.4. The van der Waals surface area contributed by atoms with Crippen LogP contribution in [0.4, 0.5) is 8.78 Å². The molecule has 30 heavy (non-hydrogen) atoms. The molecule has 0 aliphatic heterocycles. The quantitative estimate of drug-likeness (QED) is 0.488. The Morgan fingerprint density at radius 2 is 1.93 bits per heavy atom. The first-order valence-electron chi connectivity index (χ1n) is 9.52. The minimum Gasteiger partial charge on any atom is -0.337 e. The minimum absolute atomic E-state index is 0.197. The Kier molecular flexibility index (Phi) is 5.52. The van der Waals surface area contributed by atoms with Crippen LogP contribution >= 0.6 is 0 Å². The van der Waals surface area contributed by atoms with E-state index in [1.165, 1.54) is 0 Å². The van der Waals surface area contributed by atoms with E-state index in [2.05, 4.69) is 15.0 Å². The Labute approximate surface area is 172 Å². The van der Waals surface area contributed by atoms with E-state index < -0.39 is 12.2 Å². The zero-order chi connectivity index (χ0) is 21.1. The summed E-state index contributed by atoms with van der Waals surface area (Å²) in [7, 11) is 0. The predicted octanol–water partition coefficient (Wildman–Crippen LogP) is 5.05. The number of nitrogens with zero attached hydrogens (tertiary/aromatic N) is 3. The number of halogens is 2. The van der Waals surface area contributed by atoms with Crippen molar-refractivity contribution >= 4 is 16.9 Å². The summed E-state index contributed by atoms with van der Waals surface area (Å²) >= 11 is 0. The van der Waals surface area contributed by atoms with Gasteiger partial charge >= 0.3 is 0 Å². The van der Waals surface area contributed by atoms with Crippen LogP contribution in [0.1, 0.15) is 39.3 Å². The van der Waals surface area contributed by atoms with E-state index in [1.807, 2.05) is 43.3 Å². The first kappa shape index (κ1) is 19.7. The summed E-state index contributed by atoms with van der Waals surface area (Å²) in [5.74, 6) is -0.598. The number of hydrogen-bond donors (Lipinski definition) is 1. The minimum atomic E-state index is -2.69. The molecule has 0 bridgehead atoms. The zero-order valence-corrected chi connectivity index (χ0v) is 16.3. The maximum absolute atomic E-state index is 13.4. The third-order valence-corrected chi connectivity index (χ3v) is 4.96. The molecule has 0 radical (unpaired) electrons. The molecule has 0 saturated carbocycles. The Hall–Kier alpha value is -3.61. The van der Waals surface area contributed by atoms with Gasteiger partial charge in [-0.3, -0.25) is 9.78 Å². The van der Waals surface area contributed by atoms with Gasteiger partial charge in [0.05, 0.1) is 11.0 Å². The average molecular weight is 406 g/mol. The number of amides is 1. The zero-order valence-electron chi connectivity index (χ0n) is 16.3. The van der Waals surface area contributed by atoms with Crippen LogP contribution < -0.4 is 0 Å². The van der Waals surface area contributed by atoms with Crippen LogP contribution in [-0.4, -0.2) is 25.8 Å². The molecule has 1 N–H and O–H groups in total. The molecule has 0 spiro atoms. The molecule has 2 aromatic heterocycles. The standard InChI is InChI=1S/C23H20F2N4O/c1-15-5-2-3-7-18(15)14-29(13-16-6-4-10-26-12-16)23(30)17-8-9-19-20(11-17)28-22(27-19)21(24)25/h2-12,21H,13-14H2,1H3,(H,27,28). The van der Waals surface area contributed by atoms with Gasteiger partial charge < -0.3 is 9.88 Å². The van der Waals surface area contributed by atoms with Gasteiger partial charge in [-0.1, -0.05) is 30.3 Å². The van der Waals surface area contributed by atoms with E-state index in [4.69, 9.17) is 0 Å². The van der Waals surface area contributed by atoms with E-state index in [1.54, 1.807) is 35.5 Å². The normalized spacial score (nSPS) is 11.2. The van der Waals surface area contributed by atoms with Gasteiger partial charge in [0, 0.05) is 31.0 Å². The number of nitrogens with one attached hydrogen (secondary N) is 1. The number of aryl methyl sites for hydroxylation is 1. The average Bonchev–Trinajstić information content (AvgIpc) is 3.19. The van der Waals surface area contributed by atoms with Gasteiger partial charge in [-0.15, -0.1) is 0 Å². The summed E-state index contributed by atoms with van der Waals surface area (Å²) in [5, 5.41) is 0. The molecular formula is C23H20F2N4O. The van der Waals surface area contributed by atoms with Gasteiger partial charge in [0.1, 0.15) is 0 Å². The van der Waals surface area contributed by atoms with Crippen LogP contribution in [0.15, 0.2) is 67.0 Å². The van der Waals surface area contributed by atoms with Crippen LogP contribution in [0.25, 0.3) is 11.0 Å². The second kappa shape index (κ2) is 8.41. The van der Waals surface area contributed by atoms with Gasteiger partial charge in [0.15, 0.2) is 5.82 Å². The summed E-state index contributed by atoms with van der Waals surface area (Å²) in [6.45, 7) is 2.80. The van der Waals surface area contributed by atoms with Crippen LogP contribution in [0, 0.1) is 6.92 Å². The number of pyridine rings is 1. The highest BCUT2D eigenvalue weighted by Gasteiger charge is 2.19. The molecule has 0 saturated heterocycles. The topological polar surface area (TPSA) is 61.9 Å². The number of carbonyl (C=O) groups is 1. The molecule has 5 nitrogen and oxygen atoms in total. The third-order valence-electron chi connectivity index (χ3n) is 4.96. The van der Waals surface area contributed by atoms with Crippen molar-refractivity contribution in [3.8, 4) is 0 Å². The second-order valence-corrected chi connectivity index (χ2v) is 7.10. The molecule has 0 aliphatic rings. The molecule has 4 rings (SSSR count). The maximum atomic E-state index is 13.4. The summed E-state index contributed by atoms with van der Waals surface area (Å²) in [5.41, 5.74) is 4.25. The van der Waals surface area contributed by atoms with Crippen molar-refractivity contribution in [3.05, 3.63) is 95.1 Å². The number of fused-ring (bicyclic) bond motifs is 1. The Balaban J connectivity index is 1.67. The van der Waals surface area contributed by atoms with Crippen molar-refractivity contribution in [1.82, 2.24) is 19.9 Å². The Morgan fingerprint density at radius 3 is 2.67 bits per heavy atom. The molecule has 152 valence electrons. The SMILES string of the molecule is Cc1ccccc1CN(Cc1cccnc1)C(=O)c1ccc2nc(C(F)F)[nH]c2c1. The molecule has 0 atom stereocenters. The fourth-order valence-electron chi connectivity index (χ4n) is 3.35. The largest absolute Gasteiger partial charge is 0.337 e. The first-order chi connectivity index (χ1) is 14.5. The van der Waals surface area contributed by atoms with E-state index in [0.29, 0.717) is 29.7 Å². The number of benzene rings is 2. The molecule has 4 aromatic rings. The number of rotatable bonds is 6. The summed E-state index contributed by atoms with van der Waals surface area (Å²) < 4.78 is 25.9. The lowest BCUT2D eigenvalue weighted by atomic mass is 10.1. The maximum Gasteiger partial charge on any atom is 0.295 e. The fourth-order valence-corrected chi connectivity index (χ4v) is 3.35. The lowest BCUT2D eigenvalue weighted by Gasteiger charge is -2.24. The number of hydrogen-bond acceptors (Lipinski definition) is 3. The fraction of sp³-hybridized carbons (Fsp3) is 0.174.